The molecule has 1 aliphatic rings. The maximum atomic E-state index is 13.2. The van der Waals surface area contributed by atoms with Gasteiger partial charge in [0.2, 0.25) is 0 Å². The highest BCUT2D eigenvalue weighted by Crippen LogP contribution is 2.44. The molecule has 1 N–H and O–H groups in total. The van der Waals surface area contributed by atoms with Crippen LogP contribution in [0.3, 0.4) is 0 Å². The van der Waals surface area contributed by atoms with Gasteiger partial charge < -0.3 is 9.84 Å². The minimum Gasteiger partial charge on any atom is -0.508 e. The molecule has 0 fully saturated rings. The van der Waals surface area contributed by atoms with Crippen LogP contribution in [0, 0.1) is 0 Å². The lowest BCUT2D eigenvalue weighted by atomic mass is 9.81. The predicted octanol–water partition coefficient (Wildman–Crippen LogP) is 4.49. The number of rotatable bonds is 2. The molecular formula is C21H16O3. The summed E-state index contributed by atoms with van der Waals surface area (Å²) in [6.45, 7) is 0. The van der Waals surface area contributed by atoms with Crippen molar-refractivity contribution in [2.24, 2.45) is 0 Å². The molecule has 0 bridgehead atoms. The van der Waals surface area contributed by atoms with E-state index in [4.69, 9.17) is 4.74 Å². The van der Waals surface area contributed by atoms with Crippen molar-refractivity contribution < 1.29 is 14.6 Å². The molecule has 4 rings (SSSR count). The Hall–Kier alpha value is -3.07. The zero-order valence-electron chi connectivity index (χ0n) is 12.9. The summed E-state index contributed by atoms with van der Waals surface area (Å²) in [7, 11) is 0. The van der Waals surface area contributed by atoms with E-state index in [9.17, 15) is 9.90 Å². The average molecular weight is 316 g/mol. The van der Waals surface area contributed by atoms with E-state index >= 15 is 0 Å². The second-order valence-corrected chi connectivity index (χ2v) is 5.88. The van der Waals surface area contributed by atoms with Gasteiger partial charge in [0.15, 0.2) is 5.78 Å². The maximum Gasteiger partial charge on any atom is 0.178 e. The van der Waals surface area contributed by atoms with Crippen molar-refractivity contribution in [3.05, 3.63) is 95.6 Å². The van der Waals surface area contributed by atoms with Crippen LogP contribution in [-0.4, -0.2) is 10.9 Å². The second kappa shape index (κ2) is 5.85. The standard InChI is InChI=1S/C21H16O3/c22-16-11-12-17-18(13-16)24-21(15-9-5-2-6-10-15)19(20(17)23)14-7-3-1-4-8-14/h1-13,19,21-22H. The zero-order chi connectivity index (χ0) is 16.5. The smallest absolute Gasteiger partial charge is 0.178 e. The van der Waals surface area contributed by atoms with Crippen LogP contribution in [0.2, 0.25) is 0 Å². The fraction of sp³-hybridized carbons (Fsp3) is 0.0952. The van der Waals surface area contributed by atoms with Crippen LogP contribution >= 0.6 is 0 Å². The van der Waals surface area contributed by atoms with Gasteiger partial charge >= 0.3 is 0 Å². The number of hydrogen-bond acceptors (Lipinski definition) is 3. The monoisotopic (exact) mass is 316 g/mol. The van der Waals surface area contributed by atoms with Crippen molar-refractivity contribution in [2.75, 3.05) is 0 Å². The van der Waals surface area contributed by atoms with Crippen molar-refractivity contribution in [1.82, 2.24) is 0 Å². The Morgan fingerprint density at radius 3 is 2.08 bits per heavy atom. The van der Waals surface area contributed by atoms with E-state index in [0.717, 1.165) is 11.1 Å². The Balaban J connectivity index is 1.87. The summed E-state index contributed by atoms with van der Waals surface area (Å²) in [6, 6.07) is 24.1. The van der Waals surface area contributed by atoms with Crippen molar-refractivity contribution in [1.29, 1.82) is 0 Å². The van der Waals surface area contributed by atoms with Gasteiger partial charge in [-0.25, -0.2) is 0 Å². The van der Waals surface area contributed by atoms with Gasteiger partial charge in [-0.05, 0) is 23.3 Å². The van der Waals surface area contributed by atoms with Gasteiger partial charge in [0.05, 0.1) is 11.5 Å². The van der Waals surface area contributed by atoms with Gasteiger partial charge in [-0.3, -0.25) is 4.79 Å². The Morgan fingerprint density at radius 1 is 0.792 bits per heavy atom. The van der Waals surface area contributed by atoms with Crippen molar-refractivity contribution in [2.45, 2.75) is 12.0 Å². The highest BCUT2D eigenvalue weighted by molar-refractivity contribution is 6.04. The molecule has 0 saturated carbocycles. The van der Waals surface area contributed by atoms with Crippen LogP contribution < -0.4 is 4.74 Å². The molecule has 0 saturated heterocycles. The summed E-state index contributed by atoms with van der Waals surface area (Å²) >= 11 is 0. The Labute approximate surface area is 140 Å². The lowest BCUT2D eigenvalue weighted by Crippen LogP contribution is -2.30. The van der Waals surface area contributed by atoms with E-state index < -0.39 is 12.0 Å². The maximum absolute atomic E-state index is 13.2. The number of ketones is 1. The second-order valence-electron chi connectivity index (χ2n) is 5.88. The number of aromatic hydroxyl groups is 1. The summed E-state index contributed by atoms with van der Waals surface area (Å²) in [5.74, 6) is 0.120. The summed E-state index contributed by atoms with van der Waals surface area (Å²) < 4.78 is 6.16. The van der Waals surface area contributed by atoms with Crippen molar-refractivity contribution in [3.63, 3.8) is 0 Å². The number of phenolic OH excluding ortho intramolecular Hbond substituents is 1. The van der Waals surface area contributed by atoms with Gasteiger partial charge in [-0.2, -0.15) is 0 Å². The molecule has 2 atom stereocenters. The van der Waals surface area contributed by atoms with Crippen molar-refractivity contribution >= 4 is 5.78 Å². The van der Waals surface area contributed by atoms with E-state index in [-0.39, 0.29) is 11.5 Å². The molecule has 0 spiro atoms. The van der Waals surface area contributed by atoms with Crippen LogP contribution in [0.15, 0.2) is 78.9 Å². The minimum absolute atomic E-state index is 0.0105. The van der Waals surface area contributed by atoms with E-state index in [0.29, 0.717) is 11.3 Å². The van der Waals surface area contributed by atoms with Crippen LogP contribution in [-0.2, 0) is 0 Å². The third-order valence-corrected chi connectivity index (χ3v) is 4.36. The lowest BCUT2D eigenvalue weighted by molar-refractivity contribution is 0.0781. The molecule has 24 heavy (non-hydrogen) atoms. The van der Waals surface area contributed by atoms with Gasteiger partial charge in [0.25, 0.3) is 0 Å². The Kier molecular flexibility index (Phi) is 3.54. The molecule has 3 aromatic carbocycles. The number of carbonyl (C=O) groups is 1. The van der Waals surface area contributed by atoms with Crippen LogP contribution in [0.1, 0.15) is 33.5 Å². The molecule has 1 heterocycles. The predicted molar refractivity (Wildman–Crippen MR) is 91.4 cm³/mol. The van der Waals surface area contributed by atoms with Crippen LogP contribution in [0.5, 0.6) is 11.5 Å². The number of phenols is 1. The molecule has 0 aromatic heterocycles. The molecule has 0 amide bonds. The lowest BCUT2D eigenvalue weighted by Gasteiger charge is -2.33. The quantitative estimate of drug-likeness (QED) is 0.757. The fourth-order valence-electron chi connectivity index (χ4n) is 3.21. The third-order valence-electron chi connectivity index (χ3n) is 4.36. The highest BCUT2D eigenvalue weighted by Gasteiger charge is 2.39. The first kappa shape index (κ1) is 14.5. The largest absolute Gasteiger partial charge is 0.508 e. The van der Waals surface area contributed by atoms with Gasteiger partial charge in [-0.15, -0.1) is 0 Å². The third kappa shape index (κ3) is 2.44. The topological polar surface area (TPSA) is 46.5 Å². The minimum atomic E-state index is -0.421. The Bertz CT molecular complexity index is 872. The van der Waals surface area contributed by atoms with E-state index in [1.165, 1.54) is 12.1 Å². The molecule has 0 radical (unpaired) electrons. The van der Waals surface area contributed by atoms with Crippen LogP contribution in [0.4, 0.5) is 0 Å². The number of carbonyl (C=O) groups excluding carboxylic acids is 1. The van der Waals surface area contributed by atoms with Gasteiger partial charge in [-0.1, -0.05) is 60.7 Å². The van der Waals surface area contributed by atoms with Crippen LogP contribution in [0.25, 0.3) is 0 Å². The number of fused-ring (bicyclic) bond motifs is 1. The first-order valence-electron chi connectivity index (χ1n) is 7.88. The highest BCUT2D eigenvalue weighted by atomic mass is 16.5. The zero-order valence-corrected chi connectivity index (χ0v) is 12.9. The first-order valence-corrected chi connectivity index (χ1v) is 7.88. The number of ether oxygens (including phenoxy) is 1. The number of Topliss-reactive ketones (excluding diaryl/α,β-unsaturated/α-hetero) is 1. The number of hydrogen-bond donors (Lipinski definition) is 1. The number of benzene rings is 3. The summed E-state index contributed by atoms with van der Waals surface area (Å²) in [5.41, 5.74) is 2.37. The average Bonchev–Trinajstić information content (AvgIpc) is 2.63. The summed E-state index contributed by atoms with van der Waals surface area (Å²) in [5, 5.41) is 9.72. The SMILES string of the molecule is O=C1c2ccc(O)cc2OC(c2ccccc2)C1c1ccccc1. The molecular weight excluding hydrogens is 300 g/mol. The van der Waals surface area contributed by atoms with E-state index in [1.807, 2.05) is 60.7 Å². The first-order chi connectivity index (χ1) is 11.7. The summed E-state index contributed by atoms with van der Waals surface area (Å²) in [6.07, 6.45) is -0.421. The molecule has 3 aromatic rings. The molecule has 2 unspecified atom stereocenters. The van der Waals surface area contributed by atoms with Crippen molar-refractivity contribution in [3.8, 4) is 11.5 Å². The normalized spacial score (nSPS) is 19.4. The Morgan fingerprint density at radius 2 is 1.42 bits per heavy atom. The molecule has 3 heteroatoms. The molecule has 0 aliphatic carbocycles. The molecule has 118 valence electrons. The molecule has 1 aliphatic heterocycles. The van der Waals surface area contributed by atoms with E-state index in [1.54, 1.807) is 6.07 Å². The summed E-state index contributed by atoms with van der Waals surface area (Å²) in [4.78, 5) is 13.2. The van der Waals surface area contributed by atoms with E-state index in [2.05, 4.69) is 0 Å². The van der Waals surface area contributed by atoms with Gasteiger partial charge in [0, 0.05) is 6.07 Å². The van der Waals surface area contributed by atoms with Gasteiger partial charge in [0.1, 0.15) is 17.6 Å². The fourth-order valence-corrected chi connectivity index (χ4v) is 3.21. The molecule has 3 nitrogen and oxygen atoms in total.